The minimum Gasteiger partial charge on any atom is -0.481 e. The van der Waals surface area contributed by atoms with E-state index in [4.69, 9.17) is 15.3 Å². The molecule has 0 amide bonds. The third-order valence-electron chi connectivity index (χ3n) is 2.28. The molecule has 0 bridgehead atoms. The second-order valence-electron chi connectivity index (χ2n) is 3.55. The maximum Gasteiger partial charge on any atom is 0.303 e. The molecule has 1 atom stereocenters. The summed E-state index contributed by atoms with van der Waals surface area (Å²) < 4.78 is 0. The number of hydrogen-bond donors (Lipinski definition) is 3. The van der Waals surface area contributed by atoms with Crippen molar-refractivity contribution in [1.82, 2.24) is 0 Å². The molecule has 0 aliphatic rings. The largest absolute Gasteiger partial charge is 0.481 e. The van der Waals surface area contributed by atoms with Crippen LogP contribution in [-0.2, 0) is 4.79 Å². The Morgan fingerprint density at radius 3 is 2.21 bits per heavy atom. The van der Waals surface area contributed by atoms with Crippen molar-refractivity contribution < 1.29 is 20.1 Å². The van der Waals surface area contributed by atoms with Crippen LogP contribution in [0.1, 0.15) is 38.5 Å². The Labute approximate surface area is 84.6 Å². The van der Waals surface area contributed by atoms with E-state index in [9.17, 15) is 4.79 Å². The Bertz CT molecular complexity index is 147. The van der Waals surface area contributed by atoms with E-state index in [0.717, 1.165) is 25.7 Å². The third-order valence-corrected chi connectivity index (χ3v) is 2.28. The van der Waals surface area contributed by atoms with Gasteiger partial charge in [0.1, 0.15) is 0 Å². The number of rotatable bonds is 9. The van der Waals surface area contributed by atoms with Gasteiger partial charge in [-0.15, -0.1) is 0 Å². The summed E-state index contributed by atoms with van der Waals surface area (Å²) in [5.41, 5.74) is 0. The minimum atomic E-state index is -0.781. The molecule has 0 fully saturated rings. The van der Waals surface area contributed by atoms with Gasteiger partial charge in [-0.2, -0.15) is 0 Å². The molecule has 14 heavy (non-hydrogen) atoms. The van der Waals surface area contributed by atoms with Crippen LogP contribution in [0.4, 0.5) is 0 Å². The molecular formula is C10H20O4. The molecule has 3 N–H and O–H groups in total. The SMILES string of the molecule is O=C(O)CCCC(CO)CCCCO. The molecule has 4 nitrogen and oxygen atoms in total. The van der Waals surface area contributed by atoms with E-state index >= 15 is 0 Å². The van der Waals surface area contributed by atoms with Crippen LogP contribution in [0.2, 0.25) is 0 Å². The fourth-order valence-corrected chi connectivity index (χ4v) is 1.41. The van der Waals surface area contributed by atoms with Gasteiger partial charge >= 0.3 is 5.97 Å². The zero-order valence-corrected chi connectivity index (χ0v) is 8.48. The van der Waals surface area contributed by atoms with E-state index in [0.29, 0.717) is 6.42 Å². The molecule has 0 aromatic heterocycles. The zero-order chi connectivity index (χ0) is 10.8. The van der Waals surface area contributed by atoms with Crippen LogP contribution in [0.3, 0.4) is 0 Å². The quantitative estimate of drug-likeness (QED) is 0.490. The van der Waals surface area contributed by atoms with Crippen molar-refractivity contribution in [3.05, 3.63) is 0 Å². The van der Waals surface area contributed by atoms with Gasteiger partial charge < -0.3 is 15.3 Å². The molecule has 0 aromatic carbocycles. The van der Waals surface area contributed by atoms with Crippen LogP contribution in [0.25, 0.3) is 0 Å². The minimum absolute atomic E-state index is 0.116. The second-order valence-corrected chi connectivity index (χ2v) is 3.55. The van der Waals surface area contributed by atoms with Crippen molar-refractivity contribution in [2.75, 3.05) is 13.2 Å². The first kappa shape index (κ1) is 13.4. The van der Waals surface area contributed by atoms with Gasteiger partial charge in [-0.1, -0.05) is 6.42 Å². The van der Waals surface area contributed by atoms with E-state index in [-0.39, 0.29) is 25.6 Å². The maximum absolute atomic E-state index is 10.2. The zero-order valence-electron chi connectivity index (χ0n) is 8.48. The highest BCUT2D eigenvalue weighted by atomic mass is 16.4. The first-order valence-electron chi connectivity index (χ1n) is 5.14. The number of aliphatic hydroxyl groups is 2. The fourth-order valence-electron chi connectivity index (χ4n) is 1.41. The molecule has 0 aliphatic heterocycles. The Morgan fingerprint density at radius 2 is 1.71 bits per heavy atom. The second kappa shape index (κ2) is 8.97. The molecule has 4 heteroatoms. The number of carbonyl (C=O) groups is 1. The highest BCUT2D eigenvalue weighted by Gasteiger charge is 2.07. The molecule has 0 spiro atoms. The molecule has 0 radical (unpaired) electrons. The lowest BCUT2D eigenvalue weighted by molar-refractivity contribution is -0.137. The number of aliphatic carboxylic acids is 1. The Kier molecular flexibility index (Phi) is 8.57. The van der Waals surface area contributed by atoms with Gasteiger partial charge in [-0.25, -0.2) is 0 Å². The first-order chi connectivity index (χ1) is 6.70. The highest BCUT2D eigenvalue weighted by molar-refractivity contribution is 5.66. The average molecular weight is 204 g/mol. The maximum atomic E-state index is 10.2. The summed E-state index contributed by atoms with van der Waals surface area (Å²) >= 11 is 0. The number of carboxylic acids is 1. The number of unbranched alkanes of at least 4 members (excludes halogenated alkanes) is 1. The normalized spacial score (nSPS) is 12.7. The predicted octanol–water partition coefficient (Wildman–Crippen LogP) is 1.01. The van der Waals surface area contributed by atoms with Crippen LogP contribution in [0.5, 0.6) is 0 Å². The van der Waals surface area contributed by atoms with E-state index in [1.165, 1.54) is 0 Å². The number of aliphatic hydroxyl groups excluding tert-OH is 2. The average Bonchev–Trinajstić information content (AvgIpc) is 2.15. The Balaban J connectivity index is 3.42. The molecule has 0 saturated carbocycles. The van der Waals surface area contributed by atoms with Gasteiger partial charge in [0.15, 0.2) is 0 Å². The van der Waals surface area contributed by atoms with E-state index in [1.807, 2.05) is 0 Å². The molecule has 0 rings (SSSR count). The summed E-state index contributed by atoms with van der Waals surface area (Å²) in [6.07, 6.45) is 4.09. The van der Waals surface area contributed by atoms with Gasteiger partial charge in [-0.05, 0) is 31.6 Å². The van der Waals surface area contributed by atoms with Crippen molar-refractivity contribution >= 4 is 5.97 Å². The number of hydrogen-bond acceptors (Lipinski definition) is 3. The molecule has 0 aliphatic carbocycles. The summed E-state index contributed by atoms with van der Waals surface area (Å²) in [5, 5.41) is 26.0. The summed E-state index contributed by atoms with van der Waals surface area (Å²) in [5.74, 6) is -0.585. The van der Waals surface area contributed by atoms with Crippen LogP contribution >= 0.6 is 0 Å². The summed E-state index contributed by atoms with van der Waals surface area (Å²) in [7, 11) is 0. The Hall–Kier alpha value is -0.610. The van der Waals surface area contributed by atoms with E-state index < -0.39 is 5.97 Å². The van der Waals surface area contributed by atoms with Crippen molar-refractivity contribution in [2.45, 2.75) is 38.5 Å². The molecule has 0 aromatic rings. The lowest BCUT2D eigenvalue weighted by Crippen LogP contribution is -2.07. The molecule has 0 saturated heterocycles. The summed E-state index contributed by atoms with van der Waals surface area (Å²) in [4.78, 5) is 10.2. The third kappa shape index (κ3) is 8.01. The topological polar surface area (TPSA) is 77.8 Å². The fraction of sp³-hybridized carbons (Fsp3) is 0.900. The smallest absolute Gasteiger partial charge is 0.303 e. The Morgan fingerprint density at radius 1 is 1.07 bits per heavy atom. The summed E-state index contributed by atoms with van der Waals surface area (Å²) in [6.45, 7) is 0.304. The van der Waals surface area contributed by atoms with Gasteiger partial charge in [-0.3, -0.25) is 4.79 Å². The van der Waals surface area contributed by atoms with Gasteiger partial charge in [0.25, 0.3) is 0 Å². The van der Waals surface area contributed by atoms with Crippen molar-refractivity contribution in [2.24, 2.45) is 5.92 Å². The lowest BCUT2D eigenvalue weighted by Gasteiger charge is -2.12. The van der Waals surface area contributed by atoms with Crippen molar-refractivity contribution in [3.8, 4) is 0 Å². The van der Waals surface area contributed by atoms with Crippen molar-refractivity contribution in [1.29, 1.82) is 0 Å². The van der Waals surface area contributed by atoms with Gasteiger partial charge in [0.05, 0.1) is 0 Å². The summed E-state index contributed by atoms with van der Waals surface area (Å²) in [6, 6.07) is 0. The first-order valence-corrected chi connectivity index (χ1v) is 5.14. The monoisotopic (exact) mass is 204 g/mol. The molecule has 0 heterocycles. The van der Waals surface area contributed by atoms with Crippen LogP contribution in [-0.4, -0.2) is 34.5 Å². The van der Waals surface area contributed by atoms with Gasteiger partial charge in [0.2, 0.25) is 0 Å². The van der Waals surface area contributed by atoms with Crippen LogP contribution < -0.4 is 0 Å². The molecule has 84 valence electrons. The van der Waals surface area contributed by atoms with Gasteiger partial charge in [0, 0.05) is 19.6 Å². The highest BCUT2D eigenvalue weighted by Crippen LogP contribution is 2.15. The van der Waals surface area contributed by atoms with Crippen LogP contribution in [0.15, 0.2) is 0 Å². The van der Waals surface area contributed by atoms with E-state index in [2.05, 4.69) is 0 Å². The standard InChI is InChI=1S/C10H20O4/c11-7-2-1-4-9(8-12)5-3-6-10(13)14/h9,11-12H,1-8H2,(H,13,14). The predicted molar refractivity (Wildman–Crippen MR) is 53.0 cm³/mol. The molecule has 1 unspecified atom stereocenters. The number of carboxylic acid groups (broad SMARTS) is 1. The van der Waals surface area contributed by atoms with Crippen molar-refractivity contribution in [3.63, 3.8) is 0 Å². The van der Waals surface area contributed by atoms with Crippen LogP contribution in [0, 0.1) is 5.92 Å². The lowest BCUT2D eigenvalue weighted by atomic mass is 9.97. The van der Waals surface area contributed by atoms with E-state index in [1.54, 1.807) is 0 Å². The molecular weight excluding hydrogens is 184 g/mol.